The van der Waals surface area contributed by atoms with Crippen LogP contribution in [-0.4, -0.2) is 25.8 Å². The Balaban J connectivity index is 1.77. The number of hydrogen-bond donors (Lipinski definition) is 1. The minimum atomic E-state index is -0.892. The molecule has 1 aliphatic rings. The Morgan fingerprint density at radius 2 is 2.15 bits per heavy atom. The quantitative estimate of drug-likeness (QED) is 0.876. The molecule has 6 heteroatoms. The zero-order valence-corrected chi connectivity index (χ0v) is 11.8. The van der Waals surface area contributed by atoms with Crippen LogP contribution in [0.4, 0.5) is 0 Å². The second kappa shape index (κ2) is 5.66. The third-order valence-corrected chi connectivity index (χ3v) is 4.48. The van der Waals surface area contributed by atoms with Crippen molar-refractivity contribution in [1.29, 1.82) is 0 Å². The molecule has 0 fully saturated rings. The summed E-state index contributed by atoms with van der Waals surface area (Å²) in [5, 5.41) is 17.6. The zero-order valence-electron chi connectivity index (χ0n) is 11.0. The van der Waals surface area contributed by atoms with E-state index in [1.165, 1.54) is 18.2 Å². The number of aromatic nitrogens is 3. The average molecular weight is 289 g/mol. The molecule has 0 atom stereocenters. The third kappa shape index (κ3) is 2.56. The van der Waals surface area contributed by atoms with Gasteiger partial charge >= 0.3 is 5.97 Å². The van der Waals surface area contributed by atoms with Crippen molar-refractivity contribution in [1.82, 2.24) is 14.8 Å². The first kappa shape index (κ1) is 13.2. The standard InChI is InChI=1S/C14H15N3O2S/c18-14(19)10-5-1-2-6-11(10)20-9-13-16-15-12-7-3-4-8-17(12)13/h1-2,5-6H,3-4,7-9H2,(H,18,19). The van der Waals surface area contributed by atoms with Gasteiger partial charge in [-0.25, -0.2) is 4.79 Å². The molecule has 0 unspecified atom stereocenters. The fourth-order valence-corrected chi connectivity index (χ4v) is 3.37. The van der Waals surface area contributed by atoms with Gasteiger partial charge < -0.3 is 9.67 Å². The van der Waals surface area contributed by atoms with Crippen LogP contribution in [0.5, 0.6) is 0 Å². The van der Waals surface area contributed by atoms with Crippen molar-refractivity contribution in [2.45, 2.75) is 36.5 Å². The second-order valence-electron chi connectivity index (χ2n) is 4.73. The number of nitrogens with zero attached hydrogens (tertiary/aromatic N) is 3. The van der Waals surface area contributed by atoms with E-state index in [1.807, 2.05) is 12.1 Å². The number of benzene rings is 1. The van der Waals surface area contributed by atoms with Crippen molar-refractivity contribution >= 4 is 17.7 Å². The molecular formula is C14H15N3O2S. The van der Waals surface area contributed by atoms with Crippen molar-refractivity contribution in [3.8, 4) is 0 Å². The maximum atomic E-state index is 11.2. The summed E-state index contributed by atoms with van der Waals surface area (Å²) < 4.78 is 2.17. The molecular weight excluding hydrogens is 274 g/mol. The summed E-state index contributed by atoms with van der Waals surface area (Å²) in [4.78, 5) is 11.9. The van der Waals surface area contributed by atoms with Crippen LogP contribution in [0.15, 0.2) is 29.2 Å². The minimum Gasteiger partial charge on any atom is -0.478 e. The topological polar surface area (TPSA) is 68.0 Å². The van der Waals surface area contributed by atoms with Gasteiger partial charge in [0.1, 0.15) is 11.6 Å². The molecule has 104 valence electrons. The van der Waals surface area contributed by atoms with Crippen molar-refractivity contribution in [3.63, 3.8) is 0 Å². The van der Waals surface area contributed by atoms with Gasteiger partial charge in [-0.1, -0.05) is 12.1 Å². The van der Waals surface area contributed by atoms with Crippen LogP contribution < -0.4 is 0 Å². The number of carbonyl (C=O) groups is 1. The molecule has 1 aromatic heterocycles. The van der Waals surface area contributed by atoms with Crippen LogP contribution in [0.3, 0.4) is 0 Å². The highest BCUT2D eigenvalue weighted by atomic mass is 32.2. The van der Waals surface area contributed by atoms with Gasteiger partial charge in [-0.05, 0) is 25.0 Å². The lowest BCUT2D eigenvalue weighted by Gasteiger charge is -2.14. The van der Waals surface area contributed by atoms with Crippen molar-refractivity contribution in [3.05, 3.63) is 41.5 Å². The fourth-order valence-electron chi connectivity index (χ4n) is 2.39. The van der Waals surface area contributed by atoms with E-state index in [1.54, 1.807) is 12.1 Å². The van der Waals surface area contributed by atoms with Crippen LogP contribution in [0.1, 0.15) is 34.8 Å². The summed E-state index contributed by atoms with van der Waals surface area (Å²) in [6.07, 6.45) is 3.32. The van der Waals surface area contributed by atoms with Crippen molar-refractivity contribution in [2.24, 2.45) is 0 Å². The van der Waals surface area contributed by atoms with E-state index in [-0.39, 0.29) is 0 Å². The lowest BCUT2D eigenvalue weighted by molar-refractivity contribution is 0.0693. The molecule has 0 bridgehead atoms. The molecule has 1 N–H and O–H groups in total. The number of aryl methyl sites for hydroxylation is 1. The molecule has 3 rings (SSSR count). The molecule has 0 saturated carbocycles. The van der Waals surface area contributed by atoms with E-state index >= 15 is 0 Å². The van der Waals surface area contributed by atoms with Crippen LogP contribution in [0, 0.1) is 0 Å². The Kier molecular flexibility index (Phi) is 3.73. The van der Waals surface area contributed by atoms with Gasteiger partial charge in [0.2, 0.25) is 0 Å². The number of hydrogen-bond acceptors (Lipinski definition) is 4. The third-order valence-electron chi connectivity index (χ3n) is 3.41. The largest absolute Gasteiger partial charge is 0.478 e. The maximum absolute atomic E-state index is 11.2. The van der Waals surface area contributed by atoms with Crippen LogP contribution >= 0.6 is 11.8 Å². The fraction of sp³-hybridized carbons (Fsp3) is 0.357. The number of carboxylic acid groups (broad SMARTS) is 1. The van der Waals surface area contributed by atoms with Crippen LogP contribution in [-0.2, 0) is 18.7 Å². The van der Waals surface area contributed by atoms with Crippen LogP contribution in [0.2, 0.25) is 0 Å². The molecule has 1 aromatic carbocycles. The van der Waals surface area contributed by atoms with E-state index in [4.69, 9.17) is 5.11 Å². The number of rotatable bonds is 4. The Morgan fingerprint density at radius 3 is 3.00 bits per heavy atom. The lowest BCUT2D eigenvalue weighted by Crippen LogP contribution is -2.12. The second-order valence-corrected chi connectivity index (χ2v) is 5.75. The molecule has 2 heterocycles. The summed E-state index contributed by atoms with van der Waals surface area (Å²) in [5.41, 5.74) is 0.343. The van der Waals surface area contributed by atoms with E-state index in [9.17, 15) is 4.79 Å². The maximum Gasteiger partial charge on any atom is 0.336 e. The highest BCUT2D eigenvalue weighted by molar-refractivity contribution is 7.98. The first-order valence-electron chi connectivity index (χ1n) is 6.62. The Labute approximate surface area is 121 Å². The molecule has 1 aliphatic heterocycles. The number of thioether (sulfide) groups is 1. The lowest BCUT2D eigenvalue weighted by atomic mass is 10.2. The summed E-state index contributed by atoms with van der Waals surface area (Å²) in [6.45, 7) is 0.971. The van der Waals surface area contributed by atoms with Crippen molar-refractivity contribution in [2.75, 3.05) is 0 Å². The van der Waals surface area contributed by atoms with E-state index in [0.29, 0.717) is 11.3 Å². The van der Waals surface area contributed by atoms with E-state index in [2.05, 4.69) is 14.8 Å². The Bertz CT molecular complexity index is 639. The van der Waals surface area contributed by atoms with Gasteiger partial charge in [0.05, 0.1) is 11.3 Å². The van der Waals surface area contributed by atoms with Gasteiger partial charge in [0, 0.05) is 17.9 Å². The van der Waals surface area contributed by atoms with Crippen LogP contribution in [0.25, 0.3) is 0 Å². The Morgan fingerprint density at radius 1 is 1.30 bits per heavy atom. The average Bonchev–Trinajstić information content (AvgIpc) is 2.88. The minimum absolute atomic E-state index is 0.343. The summed E-state index contributed by atoms with van der Waals surface area (Å²) in [5.74, 6) is 1.75. The molecule has 5 nitrogen and oxygen atoms in total. The predicted octanol–water partition coefficient (Wildman–Crippen LogP) is 2.60. The van der Waals surface area contributed by atoms with Crippen molar-refractivity contribution < 1.29 is 9.90 Å². The van der Waals surface area contributed by atoms with E-state index < -0.39 is 5.97 Å². The molecule has 0 spiro atoms. The molecule has 2 aromatic rings. The number of carboxylic acids is 1. The van der Waals surface area contributed by atoms with Gasteiger partial charge in [0.15, 0.2) is 0 Å². The number of aromatic carboxylic acids is 1. The molecule has 20 heavy (non-hydrogen) atoms. The monoisotopic (exact) mass is 289 g/mol. The summed E-state index contributed by atoms with van der Waals surface area (Å²) in [7, 11) is 0. The number of fused-ring (bicyclic) bond motifs is 1. The van der Waals surface area contributed by atoms with Gasteiger partial charge in [-0.3, -0.25) is 0 Å². The highest BCUT2D eigenvalue weighted by Gasteiger charge is 2.16. The first-order chi connectivity index (χ1) is 9.75. The Hall–Kier alpha value is -1.82. The van der Waals surface area contributed by atoms with Gasteiger partial charge in [-0.2, -0.15) is 0 Å². The zero-order chi connectivity index (χ0) is 13.9. The smallest absolute Gasteiger partial charge is 0.336 e. The summed E-state index contributed by atoms with van der Waals surface area (Å²) in [6, 6.07) is 7.06. The predicted molar refractivity (Wildman–Crippen MR) is 75.9 cm³/mol. The van der Waals surface area contributed by atoms with Gasteiger partial charge in [-0.15, -0.1) is 22.0 Å². The SMILES string of the molecule is O=C(O)c1ccccc1SCc1nnc2n1CCCC2. The summed E-state index contributed by atoms with van der Waals surface area (Å²) >= 11 is 1.50. The molecule has 0 radical (unpaired) electrons. The molecule has 0 amide bonds. The highest BCUT2D eigenvalue weighted by Crippen LogP contribution is 2.27. The van der Waals surface area contributed by atoms with E-state index in [0.717, 1.165) is 35.9 Å². The normalized spacial score (nSPS) is 14.0. The molecule has 0 aliphatic carbocycles. The molecule has 0 saturated heterocycles. The first-order valence-corrected chi connectivity index (χ1v) is 7.60. The van der Waals surface area contributed by atoms with Gasteiger partial charge in [0.25, 0.3) is 0 Å².